The van der Waals surface area contributed by atoms with Crippen molar-refractivity contribution in [1.29, 1.82) is 0 Å². The predicted molar refractivity (Wildman–Crippen MR) is 88.4 cm³/mol. The van der Waals surface area contributed by atoms with Crippen molar-refractivity contribution in [1.82, 2.24) is 0 Å². The van der Waals surface area contributed by atoms with Gasteiger partial charge in [-0.1, -0.05) is 72.8 Å². The van der Waals surface area contributed by atoms with Crippen molar-refractivity contribution in [2.45, 2.75) is 13.3 Å². The molecule has 2 aromatic carbocycles. The van der Waals surface area contributed by atoms with Gasteiger partial charge in [0.2, 0.25) is 0 Å². The topological polar surface area (TPSA) is 9.23 Å². The zero-order valence-corrected chi connectivity index (χ0v) is 12.2. The Balaban J connectivity index is 2.12. The van der Waals surface area contributed by atoms with Crippen molar-refractivity contribution in [2.75, 3.05) is 0 Å². The number of allylic oxidation sites excluding steroid dienone is 4. The highest BCUT2D eigenvalue weighted by Crippen LogP contribution is 2.35. The molecule has 0 aliphatic carbocycles. The lowest BCUT2D eigenvalue weighted by atomic mass is 9.99. The van der Waals surface area contributed by atoms with Gasteiger partial charge in [0.05, 0.1) is 0 Å². The number of aryl methyl sites for hydroxylation is 1. The predicted octanol–water partition coefficient (Wildman–Crippen LogP) is 5.22. The molecular weight excluding hydrogens is 256 g/mol. The third kappa shape index (κ3) is 2.97. The highest BCUT2D eigenvalue weighted by atomic mass is 16.5. The van der Waals surface area contributed by atoms with E-state index < -0.39 is 0 Å². The summed E-state index contributed by atoms with van der Waals surface area (Å²) in [5.41, 5.74) is 4.70. The van der Waals surface area contributed by atoms with Crippen LogP contribution in [0, 0.1) is 6.92 Å². The van der Waals surface area contributed by atoms with Crippen LogP contribution in [0.1, 0.15) is 11.1 Å². The van der Waals surface area contributed by atoms with Crippen LogP contribution in [0.2, 0.25) is 0 Å². The Kier molecular flexibility index (Phi) is 3.74. The fourth-order valence-corrected chi connectivity index (χ4v) is 2.43. The molecule has 0 unspecified atom stereocenters. The lowest BCUT2D eigenvalue weighted by Crippen LogP contribution is -1.97. The number of fused-ring (bicyclic) bond motifs is 1. The maximum absolute atomic E-state index is 6.01. The second-order valence-electron chi connectivity index (χ2n) is 5.22. The standard InChI is InChI=1S/C20H18O/c1-15-11-13-17(14-12-15)19-10-6-9-18-8-5-3-4-7-16(2)21-20(18)19/h3-7,9-14H,2,8H2,1H3/b5-3-,7-4-. The highest BCUT2D eigenvalue weighted by Gasteiger charge is 2.12. The maximum Gasteiger partial charge on any atom is 0.138 e. The van der Waals surface area contributed by atoms with E-state index >= 15 is 0 Å². The number of para-hydroxylation sites is 1. The monoisotopic (exact) mass is 274 g/mol. The number of rotatable bonds is 1. The Morgan fingerprint density at radius 3 is 2.62 bits per heavy atom. The van der Waals surface area contributed by atoms with Gasteiger partial charge in [-0.15, -0.1) is 0 Å². The van der Waals surface area contributed by atoms with Crippen molar-refractivity contribution in [3.8, 4) is 16.9 Å². The van der Waals surface area contributed by atoms with Gasteiger partial charge in [-0.2, -0.15) is 0 Å². The minimum Gasteiger partial charge on any atom is -0.457 e. The van der Waals surface area contributed by atoms with Crippen LogP contribution in [-0.2, 0) is 6.42 Å². The zero-order chi connectivity index (χ0) is 14.7. The Labute approximate surface area is 125 Å². The van der Waals surface area contributed by atoms with Crippen LogP contribution in [0.3, 0.4) is 0 Å². The van der Waals surface area contributed by atoms with Crippen LogP contribution in [0.5, 0.6) is 5.75 Å². The minimum absolute atomic E-state index is 0.655. The van der Waals surface area contributed by atoms with E-state index in [1.54, 1.807) is 0 Å². The summed E-state index contributed by atoms with van der Waals surface area (Å²) in [5.74, 6) is 1.56. The summed E-state index contributed by atoms with van der Waals surface area (Å²) < 4.78 is 6.01. The third-order valence-corrected chi connectivity index (χ3v) is 3.56. The van der Waals surface area contributed by atoms with Gasteiger partial charge >= 0.3 is 0 Å². The quantitative estimate of drug-likeness (QED) is 0.692. The molecule has 1 nitrogen and oxygen atoms in total. The Morgan fingerprint density at radius 1 is 1.00 bits per heavy atom. The molecule has 0 aromatic heterocycles. The summed E-state index contributed by atoms with van der Waals surface area (Å²) in [6.45, 7) is 6.06. The summed E-state index contributed by atoms with van der Waals surface area (Å²) in [5, 5.41) is 0. The van der Waals surface area contributed by atoms with Crippen molar-refractivity contribution < 1.29 is 4.74 Å². The van der Waals surface area contributed by atoms with Crippen LogP contribution < -0.4 is 4.74 Å². The summed E-state index contributed by atoms with van der Waals surface area (Å²) in [7, 11) is 0. The van der Waals surface area contributed by atoms with Crippen LogP contribution in [0.15, 0.2) is 79.1 Å². The molecule has 0 amide bonds. The molecule has 1 aliphatic rings. The van der Waals surface area contributed by atoms with Crippen molar-refractivity contribution >= 4 is 0 Å². The van der Waals surface area contributed by atoms with Crippen molar-refractivity contribution in [3.05, 3.63) is 90.2 Å². The molecule has 104 valence electrons. The molecule has 3 rings (SSSR count). The Morgan fingerprint density at radius 2 is 1.81 bits per heavy atom. The van der Waals surface area contributed by atoms with E-state index in [1.165, 1.54) is 11.1 Å². The van der Waals surface area contributed by atoms with Crippen LogP contribution in [-0.4, -0.2) is 0 Å². The molecule has 0 saturated carbocycles. The van der Waals surface area contributed by atoms with Crippen molar-refractivity contribution in [3.63, 3.8) is 0 Å². The Hall–Kier alpha value is -2.54. The average Bonchev–Trinajstić information content (AvgIpc) is 2.57. The van der Waals surface area contributed by atoms with Gasteiger partial charge < -0.3 is 4.74 Å². The van der Waals surface area contributed by atoms with Gasteiger partial charge in [0.15, 0.2) is 0 Å². The minimum atomic E-state index is 0.655. The number of ether oxygens (including phenoxy) is 1. The molecule has 0 radical (unpaired) electrons. The summed E-state index contributed by atoms with van der Waals surface area (Å²) >= 11 is 0. The van der Waals surface area contributed by atoms with E-state index in [0.717, 1.165) is 23.3 Å². The van der Waals surface area contributed by atoms with E-state index in [0.29, 0.717) is 5.76 Å². The van der Waals surface area contributed by atoms with Gasteiger partial charge in [-0.05, 0) is 30.5 Å². The van der Waals surface area contributed by atoms with E-state index in [4.69, 9.17) is 4.74 Å². The van der Waals surface area contributed by atoms with Gasteiger partial charge in [-0.3, -0.25) is 0 Å². The number of hydrogen-bond acceptors (Lipinski definition) is 1. The SMILES string of the molecule is C=C1/C=C\C=C/Cc2cccc(-c3ccc(C)cc3)c2O1. The van der Waals surface area contributed by atoms with Crippen LogP contribution in [0.25, 0.3) is 11.1 Å². The molecule has 0 N–H and O–H groups in total. The number of benzene rings is 2. The normalized spacial score (nSPS) is 16.9. The molecular formula is C20H18O. The number of hydrogen-bond donors (Lipinski definition) is 0. The second-order valence-corrected chi connectivity index (χ2v) is 5.22. The third-order valence-electron chi connectivity index (χ3n) is 3.56. The average molecular weight is 274 g/mol. The molecule has 0 spiro atoms. The molecule has 0 saturated heterocycles. The van der Waals surface area contributed by atoms with Gasteiger partial charge in [0, 0.05) is 5.56 Å². The van der Waals surface area contributed by atoms with E-state index in [-0.39, 0.29) is 0 Å². The first kappa shape index (κ1) is 13.4. The molecule has 0 fully saturated rings. The van der Waals surface area contributed by atoms with E-state index in [9.17, 15) is 0 Å². The fourth-order valence-electron chi connectivity index (χ4n) is 2.43. The molecule has 1 aliphatic heterocycles. The van der Waals surface area contributed by atoms with Gasteiger partial charge in [0.1, 0.15) is 11.5 Å². The first-order valence-corrected chi connectivity index (χ1v) is 7.13. The van der Waals surface area contributed by atoms with Gasteiger partial charge in [-0.25, -0.2) is 0 Å². The molecule has 0 atom stereocenters. The molecule has 2 aromatic rings. The van der Waals surface area contributed by atoms with Crippen molar-refractivity contribution in [2.24, 2.45) is 0 Å². The Bertz CT molecular complexity index is 718. The molecule has 21 heavy (non-hydrogen) atoms. The molecule has 1 heteroatoms. The summed E-state index contributed by atoms with van der Waals surface area (Å²) in [6, 6.07) is 14.8. The fraction of sp³-hybridized carbons (Fsp3) is 0.100. The van der Waals surface area contributed by atoms with Gasteiger partial charge in [0.25, 0.3) is 0 Å². The molecule has 0 bridgehead atoms. The lowest BCUT2D eigenvalue weighted by molar-refractivity contribution is 0.444. The lowest BCUT2D eigenvalue weighted by Gasteiger charge is -2.15. The maximum atomic E-state index is 6.01. The van der Waals surface area contributed by atoms with E-state index in [1.807, 2.05) is 18.2 Å². The van der Waals surface area contributed by atoms with Crippen LogP contribution >= 0.6 is 0 Å². The first-order chi connectivity index (χ1) is 10.2. The van der Waals surface area contributed by atoms with Crippen LogP contribution in [0.4, 0.5) is 0 Å². The molecule has 1 heterocycles. The first-order valence-electron chi connectivity index (χ1n) is 7.13. The second kappa shape index (κ2) is 5.84. The highest BCUT2D eigenvalue weighted by molar-refractivity contribution is 5.73. The smallest absolute Gasteiger partial charge is 0.138 e. The largest absolute Gasteiger partial charge is 0.457 e. The zero-order valence-electron chi connectivity index (χ0n) is 12.2. The van der Waals surface area contributed by atoms with E-state index in [2.05, 4.69) is 62.0 Å². The summed E-state index contributed by atoms with van der Waals surface area (Å²) in [6.07, 6.45) is 8.86. The summed E-state index contributed by atoms with van der Waals surface area (Å²) in [4.78, 5) is 0.